The highest BCUT2D eigenvalue weighted by atomic mass is 16.4. The van der Waals surface area contributed by atoms with Gasteiger partial charge in [-0.1, -0.05) is 30.3 Å². The highest BCUT2D eigenvalue weighted by molar-refractivity contribution is 5.83. The first-order valence-electron chi connectivity index (χ1n) is 10.4. The van der Waals surface area contributed by atoms with E-state index < -0.39 is 11.9 Å². The summed E-state index contributed by atoms with van der Waals surface area (Å²) in [4.78, 5) is 40.4. The van der Waals surface area contributed by atoms with Crippen molar-refractivity contribution >= 4 is 17.8 Å². The van der Waals surface area contributed by atoms with Gasteiger partial charge in [0, 0.05) is 32.6 Å². The van der Waals surface area contributed by atoms with Crippen LogP contribution >= 0.6 is 0 Å². The Bertz CT molecular complexity index is 685. The Labute approximate surface area is 166 Å². The summed E-state index contributed by atoms with van der Waals surface area (Å²) in [5.74, 6) is -1.97. The number of aliphatic carboxylic acids is 1. The van der Waals surface area contributed by atoms with E-state index in [1.165, 1.54) is 5.56 Å². The Morgan fingerprint density at radius 1 is 0.929 bits per heavy atom. The molecule has 0 bridgehead atoms. The second-order valence-electron chi connectivity index (χ2n) is 7.99. The number of amides is 2. The summed E-state index contributed by atoms with van der Waals surface area (Å²) < 4.78 is 0. The molecule has 0 saturated carbocycles. The number of unbranched alkanes of at least 4 members (excludes halogenated alkanes) is 1. The maximum Gasteiger partial charge on any atom is 0.308 e. The smallest absolute Gasteiger partial charge is 0.308 e. The number of carboxylic acid groups (broad SMARTS) is 1. The number of hydrogen-bond acceptors (Lipinski definition) is 3. The van der Waals surface area contributed by atoms with Gasteiger partial charge in [-0.25, -0.2) is 0 Å². The van der Waals surface area contributed by atoms with Crippen molar-refractivity contribution in [2.75, 3.05) is 26.2 Å². The van der Waals surface area contributed by atoms with Gasteiger partial charge >= 0.3 is 5.97 Å². The van der Waals surface area contributed by atoms with E-state index in [-0.39, 0.29) is 24.3 Å². The topological polar surface area (TPSA) is 77.9 Å². The van der Waals surface area contributed by atoms with E-state index in [1.807, 2.05) is 23.1 Å². The minimum atomic E-state index is -0.916. The number of carboxylic acids is 1. The van der Waals surface area contributed by atoms with E-state index in [9.17, 15) is 19.5 Å². The van der Waals surface area contributed by atoms with Crippen LogP contribution < -0.4 is 0 Å². The van der Waals surface area contributed by atoms with Crippen LogP contribution in [0.3, 0.4) is 0 Å². The van der Waals surface area contributed by atoms with Crippen molar-refractivity contribution in [2.45, 2.75) is 44.9 Å². The van der Waals surface area contributed by atoms with Crippen molar-refractivity contribution in [3.63, 3.8) is 0 Å². The standard InChI is InChI=1S/C22H30N2O4/c25-20(11-5-4-10-17-8-2-1-3-9-17)24-15-18(14-19(16-24)22(27)28)21(26)23-12-6-7-13-23/h1-3,8-9,18-19H,4-7,10-16H2,(H,27,28)/t18-,19+/m1/s1. The number of benzene rings is 1. The maximum atomic E-state index is 12.7. The molecule has 3 rings (SSSR count). The van der Waals surface area contributed by atoms with Gasteiger partial charge < -0.3 is 14.9 Å². The van der Waals surface area contributed by atoms with E-state index in [2.05, 4.69) is 12.1 Å². The number of carbonyl (C=O) groups excluding carboxylic acids is 2. The predicted octanol–water partition coefficient (Wildman–Crippen LogP) is 2.57. The number of likely N-dealkylation sites (tertiary alicyclic amines) is 2. The van der Waals surface area contributed by atoms with Crippen LogP contribution in [0.15, 0.2) is 30.3 Å². The molecular weight excluding hydrogens is 356 g/mol. The van der Waals surface area contributed by atoms with Crippen molar-refractivity contribution < 1.29 is 19.5 Å². The monoisotopic (exact) mass is 386 g/mol. The van der Waals surface area contributed by atoms with Crippen LogP contribution in [0.2, 0.25) is 0 Å². The molecule has 2 saturated heterocycles. The first kappa shape index (κ1) is 20.4. The normalized spacial score (nSPS) is 22.3. The Kier molecular flexibility index (Phi) is 7.06. The quantitative estimate of drug-likeness (QED) is 0.731. The van der Waals surface area contributed by atoms with Crippen LogP contribution in [0, 0.1) is 11.8 Å². The van der Waals surface area contributed by atoms with Gasteiger partial charge in [0.05, 0.1) is 11.8 Å². The van der Waals surface area contributed by atoms with Gasteiger partial charge in [-0.2, -0.15) is 0 Å². The average Bonchev–Trinajstić information content (AvgIpc) is 3.25. The van der Waals surface area contributed by atoms with Crippen molar-refractivity contribution in [2.24, 2.45) is 11.8 Å². The molecule has 2 amide bonds. The van der Waals surface area contributed by atoms with Gasteiger partial charge in [0.15, 0.2) is 0 Å². The Morgan fingerprint density at radius 2 is 1.61 bits per heavy atom. The van der Waals surface area contributed by atoms with Crippen molar-refractivity contribution in [1.29, 1.82) is 0 Å². The molecular formula is C22H30N2O4. The number of nitrogens with zero attached hydrogens (tertiary/aromatic N) is 2. The molecule has 0 radical (unpaired) electrons. The number of piperidine rings is 1. The van der Waals surface area contributed by atoms with Crippen LogP contribution in [0.1, 0.15) is 44.1 Å². The number of rotatable bonds is 7. The summed E-state index contributed by atoms with van der Waals surface area (Å²) in [5.41, 5.74) is 1.26. The number of aryl methyl sites for hydroxylation is 1. The molecule has 0 aliphatic carbocycles. The molecule has 0 unspecified atom stereocenters. The molecule has 2 aliphatic rings. The highest BCUT2D eigenvalue weighted by Crippen LogP contribution is 2.26. The predicted molar refractivity (Wildman–Crippen MR) is 106 cm³/mol. The number of carbonyl (C=O) groups is 3. The lowest BCUT2D eigenvalue weighted by Gasteiger charge is -2.37. The first-order valence-corrected chi connectivity index (χ1v) is 10.4. The van der Waals surface area contributed by atoms with E-state index in [0.29, 0.717) is 19.4 Å². The van der Waals surface area contributed by atoms with Crippen molar-refractivity contribution in [3.05, 3.63) is 35.9 Å². The number of hydrogen-bond donors (Lipinski definition) is 1. The molecule has 1 aromatic carbocycles. The molecule has 28 heavy (non-hydrogen) atoms. The second kappa shape index (κ2) is 9.71. The SMILES string of the molecule is O=C(O)[C@H]1C[C@@H](C(=O)N2CCCC2)CN(C(=O)CCCCc2ccccc2)C1. The first-order chi connectivity index (χ1) is 13.5. The summed E-state index contributed by atoms with van der Waals surface area (Å²) >= 11 is 0. The molecule has 1 N–H and O–H groups in total. The lowest BCUT2D eigenvalue weighted by atomic mass is 9.88. The fraction of sp³-hybridized carbons (Fsp3) is 0.591. The van der Waals surface area contributed by atoms with Crippen molar-refractivity contribution in [3.8, 4) is 0 Å². The van der Waals surface area contributed by atoms with E-state index in [0.717, 1.165) is 45.2 Å². The minimum absolute atomic E-state index is 0.0188. The molecule has 152 valence electrons. The lowest BCUT2D eigenvalue weighted by Crippen LogP contribution is -2.50. The van der Waals surface area contributed by atoms with Gasteiger partial charge in [-0.15, -0.1) is 0 Å². The van der Waals surface area contributed by atoms with Crippen LogP contribution in [0.5, 0.6) is 0 Å². The van der Waals surface area contributed by atoms with Gasteiger partial charge in [-0.3, -0.25) is 14.4 Å². The van der Waals surface area contributed by atoms with Crippen molar-refractivity contribution in [1.82, 2.24) is 9.80 Å². The molecule has 2 atom stereocenters. The van der Waals surface area contributed by atoms with Gasteiger partial charge in [-0.05, 0) is 44.1 Å². The molecule has 0 aromatic heterocycles. The van der Waals surface area contributed by atoms with Crippen LogP contribution in [-0.4, -0.2) is 58.9 Å². The highest BCUT2D eigenvalue weighted by Gasteiger charge is 2.38. The Balaban J connectivity index is 1.52. The third-order valence-corrected chi connectivity index (χ3v) is 5.87. The average molecular weight is 386 g/mol. The summed E-state index contributed by atoms with van der Waals surface area (Å²) in [6.45, 7) is 2.08. The molecule has 6 heteroatoms. The summed E-state index contributed by atoms with van der Waals surface area (Å²) in [6.07, 6.45) is 5.37. The van der Waals surface area contributed by atoms with Gasteiger partial charge in [0.25, 0.3) is 0 Å². The fourth-order valence-corrected chi connectivity index (χ4v) is 4.26. The third-order valence-electron chi connectivity index (χ3n) is 5.87. The fourth-order valence-electron chi connectivity index (χ4n) is 4.26. The Hall–Kier alpha value is -2.37. The van der Waals surface area contributed by atoms with Crippen LogP contribution in [0.4, 0.5) is 0 Å². The zero-order valence-electron chi connectivity index (χ0n) is 16.4. The molecule has 2 heterocycles. The van der Waals surface area contributed by atoms with E-state index >= 15 is 0 Å². The van der Waals surface area contributed by atoms with Gasteiger partial charge in [0.1, 0.15) is 0 Å². The zero-order chi connectivity index (χ0) is 19.9. The molecule has 2 fully saturated rings. The molecule has 0 spiro atoms. The Morgan fingerprint density at radius 3 is 2.29 bits per heavy atom. The summed E-state index contributed by atoms with van der Waals surface area (Å²) in [7, 11) is 0. The van der Waals surface area contributed by atoms with Crippen LogP contribution in [-0.2, 0) is 20.8 Å². The third kappa shape index (κ3) is 5.33. The molecule has 1 aromatic rings. The zero-order valence-corrected chi connectivity index (χ0v) is 16.4. The summed E-state index contributed by atoms with van der Waals surface area (Å²) in [5, 5.41) is 9.48. The molecule has 2 aliphatic heterocycles. The maximum absolute atomic E-state index is 12.7. The molecule has 6 nitrogen and oxygen atoms in total. The van der Waals surface area contributed by atoms with Gasteiger partial charge in [0.2, 0.25) is 11.8 Å². The van der Waals surface area contributed by atoms with E-state index in [4.69, 9.17) is 0 Å². The lowest BCUT2D eigenvalue weighted by molar-refractivity contribution is -0.150. The minimum Gasteiger partial charge on any atom is -0.481 e. The summed E-state index contributed by atoms with van der Waals surface area (Å²) in [6, 6.07) is 10.2. The van der Waals surface area contributed by atoms with Crippen LogP contribution in [0.25, 0.3) is 0 Å². The van der Waals surface area contributed by atoms with E-state index in [1.54, 1.807) is 4.90 Å². The largest absolute Gasteiger partial charge is 0.481 e. The second-order valence-corrected chi connectivity index (χ2v) is 7.99.